The first-order valence-corrected chi connectivity index (χ1v) is 9.38. The number of ether oxygens (including phenoxy) is 2. The number of benzene rings is 2. The van der Waals surface area contributed by atoms with Crippen molar-refractivity contribution in [3.8, 4) is 11.5 Å². The number of nitrogens with zero attached hydrogens (tertiary/aromatic N) is 1. The van der Waals surface area contributed by atoms with Crippen LogP contribution in [-0.2, 0) is 0 Å². The highest BCUT2D eigenvalue weighted by molar-refractivity contribution is 5.44. The molecule has 0 amide bonds. The fourth-order valence-electron chi connectivity index (χ4n) is 3.80. The van der Waals surface area contributed by atoms with Crippen LogP contribution in [0.15, 0.2) is 48.5 Å². The fraction of sp³-hybridized carbons (Fsp3) is 0.455. The van der Waals surface area contributed by atoms with Gasteiger partial charge >= 0.3 is 0 Å². The number of nitrogens with one attached hydrogen (secondary N) is 1. The zero-order valence-electron chi connectivity index (χ0n) is 16.2. The van der Waals surface area contributed by atoms with Gasteiger partial charge < -0.3 is 14.8 Å². The molecule has 140 valence electrons. The van der Waals surface area contributed by atoms with Gasteiger partial charge in [0.1, 0.15) is 0 Å². The highest BCUT2D eigenvalue weighted by Crippen LogP contribution is 2.33. The Labute approximate surface area is 157 Å². The van der Waals surface area contributed by atoms with E-state index in [9.17, 15) is 0 Å². The average Bonchev–Trinajstić information content (AvgIpc) is 2.72. The Bertz CT molecular complexity index is 705. The Kier molecular flexibility index (Phi) is 6.17. The Balaban J connectivity index is 1.73. The molecule has 3 rings (SSSR count). The van der Waals surface area contributed by atoms with Crippen LogP contribution >= 0.6 is 0 Å². The monoisotopic (exact) mass is 354 g/mol. The van der Waals surface area contributed by atoms with E-state index in [4.69, 9.17) is 9.47 Å². The van der Waals surface area contributed by atoms with Crippen LogP contribution in [0, 0.1) is 0 Å². The van der Waals surface area contributed by atoms with E-state index in [2.05, 4.69) is 66.5 Å². The summed E-state index contributed by atoms with van der Waals surface area (Å²) in [6.07, 6.45) is 0. The van der Waals surface area contributed by atoms with E-state index in [0.29, 0.717) is 18.0 Å². The molecule has 1 fully saturated rings. The van der Waals surface area contributed by atoms with Crippen molar-refractivity contribution < 1.29 is 9.47 Å². The van der Waals surface area contributed by atoms with Crippen molar-refractivity contribution in [1.29, 1.82) is 0 Å². The molecule has 0 spiro atoms. The highest BCUT2D eigenvalue weighted by Gasteiger charge is 2.28. The van der Waals surface area contributed by atoms with Crippen molar-refractivity contribution in [2.75, 3.05) is 33.9 Å². The summed E-state index contributed by atoms with van der Waals surface area (Å²) in [6.45, 7) is 7.71. The number of hydrogen-bond acceptors (Lipinski definition) is 4. The lowest BCUT2D eigenvalue weighted by molar-refractivity contribution is 0.144. The van der Waals surface area contributed by atoms with E-state index in [0.717, 1.165) is 31.1 Å². The molecule has 3 unspecified atom stereocenters. The van der Waals surface area contributed by atoms with Gasteiger partial charge in [0, 0.05) is 31.7 Å². The molecular weight excluding hydrogens is 324 g/mol. The van der Waals surface area contributed by atoms with Gasteiger partial charge in [0.05, 0.1) is 14.2 Å². The number of piperazine rings is 1. The Hall–Kier alpha value is -2.04. The van der Waals surface area contributed by atoms with E-state index in [1.807, 2.05) is 6.07 Å². The van der Waals surface area contributed by atoms with E-state index in [1.165, 1.54) is 11.1 Å². The Morgan fingerprint density at radius 3 is 2.38 bits per heavy atom. The van der Waals surface area contributed by atoms with E-state index in [1.54, 1.807) is 14.2 Å². The van der Waals surface area contributed by atoms with Gasteiger partial charge in [0.15, 0.2) is 11.5 Å². The summed E-state index contributed by atoms with van der Waals surface area (Å²) in [5, 5.41) is 3.71. The average molecular weight is 354 g/mol. The van der Waals surface area contributed by atoms with Crippen molar-refractivity contribution >= 4 is 0 Å². The van der Waals surface area contributed by atoms with Crippen LogP contribution in [-0.4, -0.2) is 44.8 Å². The lowest BCUT2D eigenvalue weighted by Gasteiger charge is -2.40. The predicted molar refractivity (Wildman–Crippen MR) is 106 cm³/mol. The maximum atomic E-state index is 5.48. The normalized spacial score (nSPS) is 20.4. The van der Waals surface area contributed by atoms with Crippen LogP contribution in [0.2, 0.25) is 0 Å². The second kappa shape index (κ2) is 8.56. The summed E-state index contributed by atoms with van der Waals surface area (Å²) in [6, 6.07) is 17.9. The molecule has 26 heavy (non-hydrogen) atoms. The molecule has 3 atom stereocenters. The third-order valence-electron chi connectivity index (χ3n) is 5.60. The third-order valence-corrected chi connectivity index (χ3v) is 5.60. The first-order chi connectivity index (χ1) is 12.6. The second-order valence-electron chi connectivity index (χ2n) is 7.05. The van der Waals surface area contributed by atoms with Gasteiger partial charge in [-0.25, -0.2) is 0 Å². The number of hydrogen-bond donors (Lipinski definition) is 1. The molecule has 1 heterocycles. The Morgan fingerprint density at radius 1 is 0.962 bits per heavy atom. The van der Waals surface area contributed by atoms with Gasteiger partial charge in [0.2, 0.25) is 0 Å². The maximum Gasteiger partial charge on any atom is 0.160 e. The summed E-state index contributed by atoms with van der Waals surface area (Å²) < 4.78 is 10.8. The van der Waals surface area contributed by atoms with Gasteiger partial charge in [-0.3, -0.25) is 4.90 Å². The third kappa shape index (κ3) is 4.02. The molecule has 1 saturated heterocycles. The molecule has 1 aliphatic heterocycles. The Morgan fingerprint density at radius 2 is 1.69 bits per heavy atom. The number of rotatable bonds is 6. The van der Waals surface area contributed by atoms with Crippen molar-refractivity contribution in [2.45, 2.75) is 31.8 Å². The maximum absolute atomic E-state index is 5.48. The van der Waals surface area contributed by atoms with Crippen molar-refractivity contribution in [3.05, 3.63) is 59.7 Å². The van der Waals surface area contributed by atoms with Crippen LogP contribution in [0.3, 0.4) is 0 Å². The number of methoxy groups -OCH3 is 2. The van der Waals surface area contributed by atoms with Gasteiger partial charge in [-0.2, -0.15) is 0 Å². The molecule has 0 aromatic heterocycles. The van der Waals surface area contributed by atoms with Gasteiger partial charge in [-0.1, -0.05) is 43.3 Å². The summed E-state index contributed by atoms with van der Waals surface area (Å²) in [7, 11) is 3.36. The highest BCUT2D eigenvalue weighted by atomic mass is 16.5. The molecule has 4 heteroatoms. The summed E-state index contributed by atoms with van der Waals surface area (Å²) in [5.41, 5.74) is 2.65. The molecule has 0 saturated carbocycles. The summed E-state index contributed by atoms with van der Waals surface area (Å²) in [5.74, 6) is 1.96. The SMILES string of the molecule is COc1ccc(C(C)C2CN(C(C)c3ccccc3)CCN2)cc1OC. The van der Waals surface area contributed by atoms with E-state index < -0.39 is 0 Å². The minimum Gasteiger partial charge on any atom is -0.493 e. The summed E-state index contributed by atoms with van der Waals surface area (Å²) in [4.78, 5) is 2.58. The first-order valence-electron chi connectivity index (χ1n) is 9.38. The van der Waals surface area contributed by atoms with Crippen LogP contribution in [0.1, 0.15) is 36.9 Å². The molecule has 1 N–H and O–H groups in total. The molecule has 0 aliphatic carbocycles. The minimum atomic E-state index is 0.389. The molecule has 0 radical (unpaired) electrons. The minimum absolute atomic E-state index is 0.389. The smallest absolute Gasteiger partial charge is 0.160 e. The molecule has 1 aliphatic rings. The van der Waals surface area contributed by atoms with E-state index in [-0.39, 0.29) is 0 Å². The van der Waals surface area contributed by atoms with Gasteiger partial charge in [0.25, 0.3) is 0 Å². The summed E-state index contributed by atoms with van der Waals surface area (Å²) >= 11 is 0. The fourth-order valence-corrected chi connectivity index (χ4v) is 3.80. The topological polar surface area (TPSA) is 33.7 Å². The van der Waals surface area contributed by atoms with Crippen LogP contribution < -0.4 is 14.8 Å². The van der Waals surface area contributed by atoms with Crippen molar-refractivity contribution in [3.63, 3.8) is 0 Å². The van der Waals surface area contributed by atoms with Crippen LogP contribution in [0.25, 0.3) is 0 Å². The molecule has 4 nitrogen and oxygen atoms in total. The van der Waals surface area contributed by atoms with Gasteiger partial charge in [-0.05, 0) is 36.1 Å². The van der Waals surface area contributed by atoms with Crippen molar-refractivity contribution in [1.82, 2.24) is 10.2 Å². The molecular formula is C22H30N2O2. The molecule has 2 aromatic carbocycles. The predicted octanol–water partition coefficient (Wildman–Crippen LogP) is 3.84. The van der Waals surface area contributed by atoms with Gasteiger partial charge in [-0.15, -0.1) is 0 Å². The van der Waals surface area contributed by atoms with Crippen LogP contribution in [0.4, 0.5) is 0 Å². The lowest BCUT2D eigenvalue weighted by atomic mass is 9.90. The largest absolute Gasteiger partial charge is 0.493 e. The van der Waals surface area contributed by atoms with Crippen LogP contribution in [0.5, 0.6) is 11.5 Å². The van der Waals surface area contributed by atoms with Crippen molar-refractivity contribution in [2.24, 2.45) is 0 Å². The first kappa shape index (κ1) is 18.7. The van der Waals surface area contributed by atoms with E-state index >= 15 is 0 Å². The molecule has 0 bridgehead atoms. The quantitative estimate of drug-likeness (QED) is 0.854. The lowest BCUT2D eigenvalue weighted by Crippen LogP contribution is -2.53. The zero-order chi connectivity index (χ0) is 18.5. The standard InChI is InChI=1S/C22H30N2O2/c1-16(19-10-11-21(25-3)22(14-19)26-4)20-15-24(13-12-23-20)17(2)18-8-6-5-7-9-18/h5-11,14,16-17,20,23H,12-13,15H2,1-4H3. The second-order valence-corrected chi connectivity index (χ2v) is 7.05. The zero-order valence-corrected chi connectivity index (χ0v) is 16.2. The molecule has 2 aromatic rings.